The van der Waals surface area contributed by atoms with E-state index in [1.807, 2.05) is 19.1 Å². The van der Waals surface area contributed by atoms with Crippen molar-refractivity contribution in [3.63, 3.8) is 0 Å². The molecule has 0 aliphatic heterocycles. The highest BCUT2D eigenvalue weighted by atomic mass is 16.3. The zero-order valence-corrected chi connectivity index (χ0v) is 10.6. The minimum absolute atomic E-state index is 0.0446. The van der Waals surface area contributed by atoms with Crippen LogP contribution in [0.1, 0.15) is 30.1 Å². The van der Waals surface area contributed by atoms with Crippen LogP contribution >= 0.6 is 0 Å². The van der Waals surface area contributed by atoms with Crippen molar-refractivity contribution in [2.24, 2.45) is 0 Å². The molecule has 1 saturated carbocycles. The number of aliphatic hydroxyl groups excluding tert-OH is 1. The van der Waals surface area contributed by atoms with Crippen LogP contribution in [0, 0.1) is 6.92 Å². The molecule has 0 saturated heterocycles. The summed E-state index contributed by atoms with van der Waals surface area (Å²) in [6, 6.07) is 11.0. The number of aryl methyl sites for hydroxylation is 1. The van der Waals surface area contributed by atoms with Crippen molar-refractivity contribution in [1.82, 2.24) is 10.3 Å². The van der Waals surface area contributed by atoms with Crippen LogP contribution in [-0.4, -0.2) is 22.7 Å². The molecule has 2 N–H and O–H groups in total. The Labute approximate surface area is 107 Å². The topological polar surface area (TPSA) is 45.1 Å². The molecule has 3 rings (SSSR count). The van der Waals surface area contributed by atoms with E-state index in [0.717, 1.165) is 22.2 Å². The molecule has 18 heavy (non-hydrogen) atoms. The maximum atomic E-state index is 9.49. The van der Waals surface area contributed by atoms with Crippen LogP contribution in [0.15, 0.2) is 30.3 Å². The highest BCUT2D eigenvalue weighted by Gasteiger charge is 2.25. The standard InChI is InChI=1S/C15H18N2O/c1-10-2-3-11-8-12(4-7-14(11)16-10)15(9-18)17-13-5-6-13/h2-4,7-8,13,15,17-18H,5-6,9H2,1H3. The van der Waals surface area contributed by atoms with Crippen LogP contribution in [0.2, 0.25) is 0 Å². The summed E-state index contributed by atoms with van der Waals surface area (Å²) in [6.45, 7) is 2.14. The second kappa shape index (κ2) is 4.67. The zero-order valence-electron chi connectivity index (χ0n) is 10.6. The van der Waals surface area contributed by atoms with Crippen LogP contribution in [0.5, 0.6) is 0 Å². The summed E-state index contributed by atoms with van der Waals surface area (Å²) in [5.74, 6) is 0. The van der Waals surface area contributed by atoms with Gasteiger partial charge in [0.05, 0.1) is 18.2 Å². The van der Waals surface area contributed by atoms with E-state index in [4.69, 9.17) is 0 Å². The van der Waals surface area contributed by atoms with Gasteiger partial charge in [0.2, 0.25) is 0 Å². The number of nitrogens with one attached hydrogen (secondary N) is 1. The number of aromatic nitrogens is 1. The SMILES string of the molecule is Cc1ccc2cc(C(CO)NC3CC3)ccc2n1. The summed E-state index contributed by atoms with van der Waals surface area (Å²) >= 11 is 0. The van der Waals surface area contributed by atoms with Gasteiger partial charge in [0, 0.05) is 17.1 Å². The van der Waals surface area contributed by atoms with Gasteiger partial charge in [0.1, 0.15) is 0 Å². The zero-order chi connectivity index (χ0) is 12.5. The highest BCUT2D eigenvalue weighted by molar-refractivity contribution is 5.79. The van der Waals surface area contributed by atoms with Crippen LogP contribution < -0.4 is 5.32 Å². The fraction of sp³-hybridized carbons (Fsp3) is 0.400. The second-order valence-corrected chi connectivity index (χ2v) is 5.08. The fourth-order valence-electron chi connectivity index (χ4n) is 2.25. The predicted molar refractivity (Wildman–Crippen MR) is 72.5 cm³/mol. The van der Waals surface area contributed by atoms with Crippen molar-refractivity contribution in [1.29, 1.82) is 0 Å². The minimum atomic E-state index is 0.0446. The van der Waals surface area contributed by atoms with E-state index in [2.05, 4.69) is 28.5 Å². The Morgan fingerprint density at radius 3 is 2.89 bits per heavy atom. The molecule has 2 aromatic rings. The van der Waals surface area contributed by atoms with Gasteiger partial charge in [0.15, 0.2) is 0 Å². The van der Waals surface area contributed by atoms with E-state index in [1.54, 1.807) is 0 Å². The summed E-state index contributed by atoms with van der Waals surface area (Å²) in [4.78, 5) is 4.49. The molecule has 0 radical (unpaired) electrons. The van der Waals surface area contributed by atoms with Gasteiger partial charge in [0.25, 0.3) is 0 Å². The third-order valence-electron chi connectivity index (χ3n) is 3.45. The monoisotopic (exact) mass is 242 g/mol. The molecule has 0 spiro atoms. The molecule has 94 valence electrons. The molecule has 3 heteroatoms. The normalized spacial score (nSPS) is 17.0. The average Bonchev–Trinajstić information content (AvgIpc) is 3.19. The van der Waals surface area contributed by atoms with Gasteiger partial charge >= 0.3 is 0 Å². The van der Waals surface area contributed by atoms with Gasteiger partial charge in [-0.25, -0.2) is 0 Å². The minimum Gasteiger partial charge on any atom is -0.394 e. The van der Waals surface area contributed by atoms with Crippen LogP contribution in [0.4, 0.5) is 0 Å². The first kappa shape index (κ1) is 11.6. The van der Waals surface area contributed by atoms with Gasteiger partial charge < -0.3 is 10.4 Å². The molecule has 3 nitrogen and oxygen atoms in total. The maximum Gasteiger partial charge on any atom is 0.0705 e. The number of pyridine rings is 1. The predicted octanol–water partition coefficient (Wildman–Crippen LogP) is 2.33. The van der Waals surface area contributed by atoms with Gasteiger partial charge in [-0.3, -0.25) is 4.98 Å². The molecule has 1 unspecified atom stereocenters. The molecule has 1 heterocycles. The molecule has 0 amide bonds. The number of hydrogen-bond donors (Lipinski definition) is 2. The van der Waals surface area contributed by atoms with Crippen molar-refractivity contribution in [3.8, 4) is 0 Å². The molecular weight excluding hydrogens is 224 g/mol. The molecule has 1 aliphatic rings. The van der Waals surface area contributed by atoms with Crippen LogP contribution in [0.25, 0.3) is 10.9 Å². The molecule has 1 aromatic carbocycles. The third kappa shape index (κ3) is 2.37. The second-order valence-electron chi connectivity index (χ2n) is 5.08. The van der Waals surface area contributed by atoms with Gasteiger partial charge in [-0.1, -0.05) is 12.1 Å². The van der Waals surface area contributed by atoms with Crippen molar-refractivity contribution in [2.75, 3.05) is 6.61 Å². The molecule has 0 bridgehead atoms. The largest absolute Gasteiger partial charge is 0.394 e. The summed E-state index contributed by atoms with van der Waals surface area (Å²) in [5, 5.41) is 14.1. The Hall–Kier alpha value is -1.45. The Kier molecular flexibility index (Phi) is 3.02. The lowest BCUT2D eigenvalue weighted by Gasteiger charge is -2.16. The van der Waals surface area contributed by atoms with Crippen molar-refractivity contribution >= 4 is 10.9 Å². The summed E-state index contributed by atoms with van der Waals surface area (Å²) in [5.41, 5.74) is 3.19. The number of rotatable bonds is 4. The molecule has 1 fully saturated rings. The lowest BCUT2D eigenvalue weighted by atomic mass is 10.0. The number of benzene rings is 1. The molecular formula is C15H18N2O. The van der Waals surface area contributed by atoms with E-state index in [0.29, 0.717) is 6.04 Å². The first-order chi connectivity index (χ1) is 8.76. The lowest BCUT2D eigenvalue weighted by Crippen LogP contribution is -2.26. The Morgan fingerprint density at radius 2 is 2.17 bits per heavy atom. The smallest absolute Gasteiger partial charge is 0.0705 e. The van der Waals surface area contributed by atoms with Crippen molar-refractivity contribution in [3.05, 3.63) is 41.6 Å². The Morgan fingerprint density at radius 1 is 1.33 bits per heavy atom. The molecule has 1 atom stereocenters. The average molecular weight is 242 g/mol. The molecule has 1 aromatic heterocycles. The van der Waals surface area contributed by atoms with E-state index < -0.39 is 0 Å². The van der Waals surface area contributed by atoms with E-state index in [9.17, 15) is 5.11 Å². The van der Waals surface area contributed by atoms with Crippen molar-refractivity contribution < 1.29 is 5.11 Å². The van der Waals surface area contributed by atoms with Crippen molar-refractivity contribution in [2.45, 2.75) is 31.8 Å². The quantitative estimate of drug-likeness (QED) is 0.865. The van der Waals surface area contributed by atoms with Crippen LogP contribution in [0.3, 0.4) is 0 Å². The van der Waals surface area contributed by atoms with E-state index in [1.165, 1.54) is 12.8 Å². The Bertz CT molecular complexity index is 563. The number of hydrogen-bond acceptors (Lipinski definition) is 3. The number of aliphatic hydroxyl groups is 1. The maximum absolute atomic E-state index is 9.49. The first-order valence-electron chi connectivity index (χ1n) is 6.50. The number of fused-ring (bicyclic) bond motifs is 1. The summed E-state index contributed by atoms with van der Waals surface area (Å²) < 4.78 is 0. The highest BCUT2D eigenvalue weighted by Crippen LogP contribution is 2.25. The van der Waals surface area contributed by atoms with Gasteiger partial charge in [-0.2, -0.15) is 0 Å². The fourth-order valence-corrected chi connectivity index (χ4v) is 2.25. The van der Waals surface area contributed by atoms with Crippen LogP contribution in [-0.2, 0) is 0 Å². The lowest BCUT2D eigenvalue weighted by molar-refractivity contribution is 0.243. The van der Waals surface area contributed by atoms with Gasteiger partial charge in [-0.15, -0.1) is 0 Å². The molecule has 1 aliphatic carbocycles. The summed E-state index contributed by atoms with van der Waals surface area (Å²) in [7, 11) is 0. The van der Waals surface area contributed by atoms with E-state index in [-0.39, 0.29) is 12.6 Å². The van der Waals surface area contributed by atoms with Gasteiger partial charge in [-0.05, 0) is 43.5 Å². The Balaban J connectivity index is 1.93. The first-order valence-corrected chi connectivity index (χ1v) is 6.50. The number of nitrogens with zero attached hydrogens (tertiary/aromatic N) is 1. The summed E-state index contributed by atoms with van der Waals surface area (Å²) in [6.07, 6.45) is 2.45. The third-order valence-corrected chi connectivity index (χ3v) is 3.45. The van der Waals surface area contributed by atoms with E-state index >= 15 is 0 Å².